The number of nitrogen functional groups attached to an aromatic ring is 1. The summed E-state index contributed by atoms with van der Waals surface area (Å²) in [5.41, 5.74) is 7.18. The van der Waals surface area contributed by atoms with Crippen molar-refractivity contribution in [1.29, 1.82) is 0 Å². The molecule has 2 aromatic heterocycles. The first-order valence-electron chi connectivity index (χ1n) is 5.23. The van der Waals surface area contributed by atoms with Gasteiger partial charge in [-0.2, -0.15) is 0 Å². The molecule has 18 heavy (non-hydrogen) atoms. The molecule has 3 N–H and O–H groups in total. The lowest BCUT2D eigenvalue weighted by molar-refractivity contribution is 0.103. The summed E-state index contributed by atoms with van der Waals surface area (Å²) >= 11 is 2.85. The summed E-state index contributed by atoms with van der Waals surface area (Å²) < 4.78 is 1.02. The van der Waals surface area contributed by atoms with Gasteiger partial charge in [-0.1, -0.05) is 17.4 Å². The Morgan fingerprint density at radius 2 is 2.22 bits per heavy atom. The number of hydrogen-bond acceptors (Lipinski definition) is 5. The van der Waals surface area contributed by atoms with Gasteiger partial charge in [-0.15, -0.1) is 11.3 Å². The van der Waals surface area contributed by atoms with Gasteiger partial charge in [-0.05, 0) is 29.6 Å². The number of benzene rings is 1. The third kappa shape index (κ3) is 2.07. The summed E-state index contributed by atoms with van der Waals surface area (Å²) in [4.78, 5) is 16.8. The van der Waals surface area contributed by atoms with Gasteiger partial charge in [-0.3, -0.25) is 4.79 Å². The number of thiazole rings is 1. The number of carbonyl (C=O) groups excluding carboxylic acids is 1. The number of nitrogens with two attached hydrogens (primary N) is 1. The smallest absolute Gasteiger partial charge is 0.265 e. The van der Waals surface area contributed by atoms with Gasteiger partial charge >= 0.3 is 0 Å². The van der Waals surface area contributed by atoms with E-state index in [4.69, 9.17) is 5.73 Å². The molecule has 6 heteroatoms. The monoisotopic (exact) mass is 275 g/mol. The number of amides is 1. The zero-order valence-electron chi connectivity index (χ0n) is 9.21. The van der Waals surface area contributed by atoms with E-state index in [2.05, 4.69) is 10.3 Å². The second kappa shape index (κ2) is 4.40. The van der Waals surface area contributed by atoms with Crippen molar-refractivity contribution in [3.05, 3.63) is 40.6 Å². The third-order valence-corrected chi connectivity index (χ3v) is 4.14. The van der Waals surface area contributed by atoms with Crippen LogP contribution in [0, 0.1) is 0 Å². The molecule has 3 rings (SSSR count). The SMILES string of the molecule is Nc1nc2cc(NC(=O)c3cccs3)ccc2s1. The maximum absolute atomic E-state index is 11.9. The minimum atomic E-state index is -0.104. The van der Waals surface area contributed by atoms with Crippen molar-refractivity contribution in [2.24, 2.45) is 0 Å². The third-order valence-electron chi connectivity index (χ3n) is 2.41. The lowest BCUT2D eigenvalue weighted by atomic mass is 10.3. The molecule has 0 saturated heterocycles. The van der Waals surface area contributed by atoms with Crippen LogP contribution in [0.5, 0.6) is 0 Å². The highest BCUT2D eigenvalue weighted by molar-refractivity contribution is 7.22. The van der Waals surface area contributed by atoms with E-state index in [1.165, 1.54) is 22.7 Å². The Bertz CT molecular complexity index is 703. The molecule has 0 saturated carbocycles. The van der Waals surface area contributed by atoms with Crippen LogP contribution >= 0.6 is 22.7 Å². The number of nitrogens with one attached hydrogen (secondary N) is 1. The first-order chi connectivity index (χ1) is 8.72. The van der Waals surface area contributed by atoms with Crippen molar-refractivity contribution in [2.45, 2.75) is 0 Å². The number of carbonyl (C=O) groups is 1. The van der Waals surface area contributed by atoms with Crippen LogP contribution in [0.15, 0.2) is 35.7 Å². The van der Waals surface area contributed by atoms with E-state index in [0.29, 0.717) is 10.0 Å². The van der Waals surface area contributed by atoms with Crippen LogP contribution in [0.4, 0.5) is 10.8 Å². The van der Waals surface area contributed by atoms with Gasteiger partial charge in [0.25, 0.3) is 5.91 Å². The van der Waals surface area contributed by atoms with Crippen LogP contribution in [-0.2, 0) is 0 Å². The number of fused-ring (bicyclic) bond motifs is 1. The van der Waals surface area contributed by atoms with Crippen molar-refractivity contribution < 1.29 is 4.79 Å². The normalized spacial score (nSPS) is 10.7. The fourth-order valence-electron chi connectivity index (χ4n) is 1.62. The highest BCUT2D eigenvalue weighted by atomic mass is 32.1. The van der Waals surface area contributed by atoms with E-state index >= 15 is 0 Å². The molecule has 1 amide bonds. The number of hydrogen-bond donors (Lipinski definition) is 2. The summed E-state index contributed by atoms with van der Waals surface area (Å²) in [5.74, 6) is -0.104. The predicted octanol–water partition coefficient (Wildman–Crippen LogP) is 3.19. The van der Waals surface area contributed by atoms with Crippen molar-refractivity contribution in [2.75, 3.05) is 11.1 Å². The second-order valence-corrected chi connectivity index (χ2v) is 5.68. The summed E-state index contributed by atoms with van der Waals surface area (Å²) in [6.45, 7) is 0. The molecule has 0 fully saturated rings. The summed E-state index contributed by atoms with van der Waals surface area (Å²) in [6, 6.07) is 9.23. The van der Waals surface area contributed by atoms with Gasteiger partial charge in [0.2, 0.25) is 0 Å². The molecular weight excluding hydrogens is 266 g/mol. The minimum Gasteiger partial charge on any atom is -0.375 e. The quantitative estimate of drug-likeness (QED) is 0.754. The Labute approximate surface area is 111 Å². The van der Waals surface area contributed by atoms with Crippen LogP contribution in [0.2, 0.25) is 0 Å². The van der Waals surface area contributed by atoms with Crippen molar-refractivity contribution >= 4 is 49.6 Å². The lowest BCUT2D eigenvalue weighted by Crippen LogP contribution is -2.09. The Balaban J connectivity index is 1.88. The fourth-order valence-corrected chi connectivity index (χ4v) is 2.96. The van der Waals surface area contributed by atoms with Crippen molar-refractivity contribution in [3.8, 4) is 0 Å². The Hall–Kier alpha value is -1.92. The lowest BCUT2D eigenvalue weighted by Gasteiger charge is -2.02. The van der Waals surface area contributed by atoms with E-state index in [1.54, 1.807) is 6.07 Å². The molecule has 4 nitrogen and oxygen atoms in total. The summed E-state index contributed by atoms with van der Waals surface area (Å²) in [5, 5.41) is 5.25. The summed E-state index contributed by atoms with van der Waals surface area (Å²) in [6.07, 6.45) is 0. The van der Waals surface area contributed by atoms with Gasteiger partial charge in [0.05, 0.1) is 15.1 Å². The second-order valence-electron chi connectivity index (χ2n) is 3.67. The number of anilines is 2. The van der Waals surface area contributed by atoms with Gasteiger partial charge in [0.1, 0.15) is 0 Å². The topological polar surface area (TPSA) is 68.0 Å². The van der Waals surface area contributed by atoms with E-state index in [9.17, 15) is 4.79 Å². The van der Waals surface area contributed by atoms with E-state index in [0.717, 1.165) is 15.9 Å². The molecule has 1 aromatic carbocycles. The Morgan fingerprint density at radius 1 is 1.33 bits per heavy atom. The van der Waals surface area contributed by atoms with Crippen LogP contribution in [0.25, 0.3) is 10.2 Å². The van der Waals surface area contributed by atoms with Crippen molar-refractivity contribution in [1.82, 2.24) is 4.98 Å². The molecule has 0 aliphatic heterocycles. The summed E-state index contributed by atoms with van der Waals surface area (Å²) in [7, 11) is 0. The molecule has 90 valence electrons. The van der Waals surface area contributed by atoms with E-state index in [-0.39, 0.29) is 5.91 Å². The number of rotatable bonds is 2. The van der Waals surface area contributed by atoms with Crippen molar-refractivity contribution in [3.63, 3.8) is 0 Å². The van der Waals surface area contributed by atoms with Crippen LogP contribution in [-0.4, -0.2) is 10.9 Å². The van der Waals surface area contributed by atoms with Crippen LogP contribution in [0.1, 0.15) is 9.67 Å². The number of nitrogens with zero attached hydrogens (tertiary/aromatic N) is 1. The van der Waals surface area contributed by atoms with Gasteiger partial charge in [0, 0.05) is 5.69 Å². The molecule has 0 atom stereocenters. The molecule has 0 unspecified atom stereocenters. The van der Waals surface area contributed by atoms with Gasteiger partial charge in [0.15, 0.2) is 5.13 Å². The van der Waals surface area contributed by atoms with Crippen LogP contribution in [0.3, 0.4) is 0 Å². The standard InChI is InChI=1S/C12H9N3OS2/c13-12-15-8-6-7(3-4-9(8)18-12)14-11(16)10-2-1-5-17-10/h1-6H,(H2,13,15)(H,14,16). The number of thiophene rings is 1. The molecule has 0 aliphatic rings. The average Bonchev–Trinajstić information content (AvgIpc) is 2.95. The molecular formula is C12H9N3OS2. The first kappa shape index (κ1) is 11.2. The zero-order valence-corrected chi connectivity index (χ0v) is 10.8. The first-order valence-corrected chi connectivity index (χ1v) is 6.93. The van der Waals surface area contributed by atoms with Gasteiger partial charge < -0.3 is 11.1 Å². The van der Waals surface area contributed by atoms with E-state index < -0.39 is 0 Å². The molecule has 0 bridgehead atoms. The maximum Gasteiger partial charge on any atom is 0.265 e. The molecule has 2 heterocycles. The maximum atomic E-state index is 11.9. The number of aromatic nitrogens is 1. The molecule has 0 radical (unpaired) electrons. The minimum absolute atomic E-state index is 0.104. The van der Waals surface area contributed by atoms with Gasteiger partial charge in [-0.25, -0.2) is 4.98 Å². The largest absolute Gasteiger partial charge is 0.375 e. The molecule has 0 spiro atoms. The molecule has 3 aromatic rings. The van der Waals surface area contributed by atoms with E-state index in [1.807, 2.05) is 29.6 Å². The Morgan fingerprint density at radius 3 is 3.00 bits per heavy atom. The average molecular weight is 275 g/mol. The highest BCUT2D eigenvalue weighted by Gasteiger charge is 2.08. The Kier molecular flexibility index (Phi) is 2.73. The predicted molar refractivity (Wildman–Crippen MR) is 76.3 cm³/mol. The zero-order chi connectivity index (χ0) is 12.5. The molecule has 0 aliphatic carbocycles. The van der Waals surface area contributed by atoms with Crippen LogP contribution < -0.4 is 11.1 Å². The highest BCUT2D eigenvalue weighted by Crippen LogP contribution is 2.26. The fraction of sp³-hybridized carbons (Fsp3) is 0.